The summed E-state index contributed by atoms with van der Waals surface area (Å²) < 4.78 is 39.6. The van der Waals surface area contributed by atoms with E-state index in [1.54, 1.807) is 0 Å². The highest BCUT2D eigenvalue weighted by Crippen LogP contribution is 2.33. The fourth-order valence-corrected chi connectivity index (χ4v) is 1.12. The van der Waals surface area contributed by atoms with Gasteiger partial charge in [0, 0.05) is 11.6 Å². The first-order chi connectivity index (χ1) is 8.11. The molecule has 0 radical (unpaired) electrons. The largest absolute Gasteiger partial charge is 0.573 e. The van der Waals surface area contributed by atoms with E-state index in [-0.39, 0.29) is 5.56 Å². The van der Waals surface area contributed by atoms with Gasteiger partial charge < -0.3 is 20.0 Å². The monoisotopic (exact) mass is 266 g/mol. The van der Waals surface area contributed by atoms with Crippen LogP contribution in [-0.2, 0) is 0 Å². The molecule has 0 aliphatic heterocycles. The SMILES string of the molecule is Cc1cc(C(=O)O)nc([N+](=O)[O-])c1OC(F)(F)F. The number of rotatable bonds is 3. The number of carboxylic acid groups (broad SMARTS) is 1. The molecule has 0 unspecified atom stereocenters. The summed E-state index contributed by atoms with van der Waals surface area (Å²) in [6.07, 6.45) is -5.14. The van der Waals surface area contributed by atoms with Gasteiger partial charge in [-0.2, -0.15) is 0 Å². The van der Waals surface area contributed by atoms with Gasteiger partial charge in [-0.15, -0.1) is 13.2 Å². The minimum absolute atomic E-state index is 0.355. The van der Waals surface area contributed by atoms with E-state index in [1.165, 1.54) is 0 Å². The Morgan fingerprint density at radius 3 is 2.50 bits per heavy atom. The number of alkyl halides is 3. The lowest BCUT2D eigenvalue weighted by Gasteiger charge is -2.10. The van der Waals surface area contributed by atoms with E-state index in [2.05, 4.69) is 9.72 Å². The molecule has 98 valence electrons. The first kappa shape index (κ1) is 13.7. The Morgan fingerprint density at radius 2 is 2.11 bits per heavy atom. The van der Waals surface area contributed by atoms with Crippen LogP contribution >= 0.6 is 0 Å². The summed E-state index contributed by atoms with van der Waals surface area (Å²) in [4.78, 5) is 22.9. The summed E-state index contributed by atoms with van der Waals surface area (Å²) in [5.74, 6) is -4.03. The maximum atomic E-state index is 12.0. The van der Waals surface area contributed by atoms with Crippen molar-refractivity contribution in [3.63, 3.8) is 0 Å². The zero-order valence-electron chi connectivity index (χ0n) is 8.69. The summed E-state index contributed by atoms with van der Waals surface area (Å²) in [6, 6.07) is 0.746. The molecule has 0 atom stereocenters. The lowest BCUT2D eigenvalue weighted by atomic mass is 10.2. The summed E-state index contributed by atoms with van der Waals surface area (Å²) in [5.41, 5.74) is -1.10. The molecule has 0 fully saturated rings. The van der Waals surface area contributed by atoms with Gasteiger partial charge in [-0.25, -0.2) is 4.79 Å². The van der Waals surface area contributed by atoms with Crippen LogP contribution in [0.4, 0.5) is 19.0 Å². The van der Waals surface area contributed by atoms with E-state index in [1.807, 2.05) is 0 Å². The predicted molar refractivity (Wildman–Crippen MR) is 49.3 cm³/mol. The van der Waals surface area contributed by atoms with Gasteiger partial charge in [0.2, 0.25) is 5.75 Å². The summed E-state index contributed by atoms with van der Waals surface area (Å²) in [7, 11) is 0. The number of carbonyl (C=O) groups is 1. The molecule has 0 spiro atoms. The summed E-state index contributed by atoms with van der Waals surface area (Å²) in [6.45, 7) is 1.04. The van der Waals surface area contributed by atoms with Gasteiger partial charge in [0.05, 0.1) is 0 Å². The lowest BCUT2D eigenvalue weighted by Crippen LogP contribution is -2.19. The normalized spacial score (nSPS) is 11.1. The molecule has 0 aliphatic rings. The van der Waals surface area contributed by atoms with E-state index in [9.17, 15) is 28.1 Å². The fraction of sp³-hybridized carbons (Fsp3) is 0.250. The van der Waals surface area contributed by atoms with Gasteiger partial charge in [0.25, 0.3) is 5.69 Å². The number of nitro groups is 1. The number of aromatic nitrogens is 1. The van der Waals surface area contributed by atoms with Crippen LogP contribution in [0.3, 0.4) is 0 Å². The Hall–Kier alpha value is -2.39. The zero-order chi connectivity index (χ0) is 14.1. The van der Waals surface area contributed by atoms with Gasteiger partial charge in [-0.1, -0.05) is 0 Å². The number of halogens is 3. The third-order valence-corrected chi connectivity index (χ3v) is 1.75. The number of aryl methyl sites for hydroxylation is 1. The van der Waals surface area contributed by atoms with Crippen molar-refractivity contribution in [3.8, 4) is 5.75 Å². The standard InChI is InChI=1S/C8H5F3N2O5/c1-3-2-4(7(14)15)12-6(13(16)17)5(3)18-8(9,10)11/h2H,1H3,(H,14,15). The molecule has 0 saturated heterocycles. The second kappa shape index (κ2) is 4.47. The van der Waals surface area contributed by atoms with Gasteiger partial charge in [0.15, 0.2) is 0 Å². The number of ether oxygens (including phenoxy) is 1. The highest BCUT2D eigenvalue weighted by atomic mass is 19.4. The first-order valence-corrected chi connectivity index (χ1v) is 4.27. The van der Waals surface area contributed by atoms with E-state index in [0.29, 0.717) is 0 Å². The van der Waals surface area contributed by atoms with Gasteiger partial charge in [0.1, 0.15) is 0 Å². The van der Waals surface area contributed by atoms with Crippen molar-refractivity contribution < 1.29 is 32.7 Å². The van der Waals surface area contributed by atoms with Crippen molar-refractivity contribution in [2.45, 2.75) is 13.3 Å². The quantitative estimate of drug-likeness (QED) is 0.662. The van der Waals surface area contributed by atoms with Crippen LogP contribution in [-0.4, -0.2) is 27.3 Å². The predicted octanol–water partition coefficient (Wildman–Crippen LogP) is 1.90. The van der Waals surface area contributed by atoms with Gasteiger partial charge in [-0.3, -0.25) is 0 Å². The Balaban J connectivity index is 3.41. The molecule has 0 saturated carbocycles. The molecule has 1 N–H and O–H groups in total. The van der Waals surface area contributed by atoms with Crippen molar-refractivity contribution in [3.05, 3.63) is 27.4 Å². The molecular weight excluding hydrogens is 261 g/mol. The average Bonchev–Trinajstić information content (AvgIpc) is 2.18. The Bertz CT molecular complexity index is 514. The van der Waals surface area contributed by atoms with Crippen molar-refractivity contribution in [2.75, 3.05) is 0 Å². The van der Waals surface area contributed by atoms with Crippen LogP contribution in [0.2, 0.25) is 0 Å². The first-order valence-electron chi connectivity index (χ1n) is 4.27. The highest BCUT2D eigenvalue weighted by molar-refractivity contribution is 5.86. The summed E-state index contributed by atoms with van der Waals surface area (Å²) >= 11 is 0. The number of nitrogens with zero attached hydrogens (tertiary/aromatic N) is 2. The second-order valence-electron chi connectivity index (χ2n) is 3.09. The van der Waals surface area contributed by atoms with Crippen LogP contribution in [0.1, 0.15) is 16.1 Å². The fourth-order valence-electron chi connectivity index (χ4n) is 1.12. The number of hydrogen-bond acceptors (Lipinski definition) is 5. The van der Waals surface area contributed by atoms with Crippen molar-refractivity contribution in [2.24, 2.45) is 0 Å². The summed E-state index contributed by atoms with van der Waals surface area (Å²) in [5, 5.41) is 19.1. The third-order valence-electron chi connectivity index (χ3n) is 1.75. The Labute approximate surface area is 97.0 Å². The average molecular weight is 266 g/mol. The third kappa shape index (κ3) is 3.06. The van der Waals surface area contributed by atoms with E-state index in [0.717, 1.165) is 13.0 Å². The van der Waals surface area contributed by atoms with E-state index < -0.39 is 34.5 Å². The molecule has 0 aliphatic carbocycles. The van der Waals surface area contributed by atoms with Crippen molar-refractivity contribution >= 4 is 11.8 Å². The maximum absolute atomic E-state index is 12.0. The van der Waals surface area contributed by atoms with E-state index >= 15 is 0 Å². The van der Waals surface area contributed by atoms with Crippen LogP contribution in [0.5, 0.6) is 5.75 Å². The molecule has 18 heavy (non-hydrogen) atoms. The van der Waals surface area contributed by atoms with Crippen LogP contribution in [0.15, 0.2) is 6.07 Å². The molecule has 7 nitrogen and oxygen atoms in total. The molecular formula is C8H5F3N2O5. The topological polar surface area (TPSA) is 103 Å². The molecule has 1 rings (SSSR count). The molecule has 1 heterocycles. The zero-order valence-corrected chi connectivity index (χ0v) is 8.69. The number of hydrogen-bond donors (Lipinski definition) is 1. The molecule has 0 aromatic carbocycles. The van der Waals surface area contributed by atoms with Gasteiger partial charge in [-0.05, 0) is 16.8 Å². The molecule has 1 aromatic rings. The highest BCUT2D eigenvalue weighted by Gasteiger charge is 2.37. The number of pyridine rings is 1. The number of aromatic carboxylic acids is 1. The van der Waals surface area contributed by atoms with Crippen molar-refractivity contribution in [1.82, 2.24) is 4.98 Å². The minimum atomic E-state index is -5.14. The lowest BCUT2D eigenvalue weighted by molar-refractivity contribution is -0.393. The Morgan fingerprint density at radius 1 is 1.56 bits per heavy atom. The smallest absolute Gasteiger partial charge is 0.475 e. The second-order valence-corrected chi connectivity index (χ2v) is 3.09. The molecule has 1 aromatic heterocycles. The maximum Gasteiger partial charge on any atom is 0.573 e. The van der Waals surface area contributed by atoms with Crippen LogP contribution in [0.25, 0.3) is 0 Å². The number of carboxylic acids is 1. The van der Waals surface area contributed by atoms with Crippen molar-refractivity contribution in [1.29, 1.82) is 0 Å². The minimum Gasteiger partial charge on any atom is -0.475 e. The van der Waals surface area contributed by atoms with Crippen LogP contribution in [0, 0.1) is 17.0 Å². The van der Waals surface area contributed by atoms with E-state index in [4.69, 9.17) is 5.11 Å². The molecule has 10 heteroatoms. The Kier molecular flexibility index (Phi) is 3.39. The van der Waals surface area contributed by atoms with Crippen LogP contribution < -0.4 is 4.74 Å². The molecule has 0 amide bonds. The van der Waals surface area contributed by atoms with Gasteiger partial charge >= 0.3 is 18.1 Å². The molecule has 0 bridgehead atoms.